The molecule has 184 valence electrons. The largest absolute Gasteiger partial charge is 0.368 e. The normalized spacial score (nSPS) is 21.8. The van der Waals surface area contributed by atoms with Crippen LogP contribution < -0.4 is 0 Å². The summed E-state index contributed by atoms with van der Waals surface area (Å²) >= 11 is 0. The Bertz CT molecular complexity index is 1160. The Morgan fingerprint density at radius 3 is 2.23 bits per heavy atom. The van der Waals surface area contributed by atoms with Crippen molar-refractivity contribution in [2.75, 3.05) is 6.61 Å². The Balaban J connectivity index is 1.18. The molecule has 1 unspecified atom stereocenters. The smallest absolute Gasteiger partial charge is 0.166 e. The summed E-state index contributed by atoms with van der Waals surface area (Å²) in [5, 5.41) is 0. The van der Waals surface area contributed by atoms with E-state index in [9.17, 15) is 4.39 Å². The van der Waals surface area contributed by atoms with Gasteiger partial charge in [-0.2, -0.15) is 0 Å². The van der Waals surface area contributed by atoms with Crippen molar-refractivity contribution in [2.24, 2.45) is 5.92 Å². The maximum atomic E-state index is 15.1. The van der Waals surface area contributed by atoms with E-state index in [-0.39, 0.29) is 17.8 Å². The van der Waals surface area contributed by atoms with E-state index in [2.05, 4.69) is 6.92 Å². The van der Waals surface area contributed by atoms with Crippen LogP contribution in [0.4, 0.5) is 13.2 Å². The minimum Gasteiger partial charge on any atom is -0.368 e. The van der Waals surface area contributed by atoms with Crippen LogP contribution in [0.3, 0.4) is 0 Å². The fraction of sp³-hybridized carbons (Fsp3) is 0.419. The van der Waals surface area contributed by atoms with E-state index < -0.39 is 11.6 Å². The molecule has 2 fully saturated rings. The lowest BCUT2D eigenvalue weighted by molar-refractivity contribution is 0.304. The molecule has 4 heteroatoms. The highest BCUT2D eigenvalue weighted by Crippen LogP contribution is 2.40. The molecular weight excluding hydrogens is 445 g/mol. The molecule has 3 aromatic carbocycles. The monoisotopic (exact) mass is 478 g/mol. The fourth-order valence-electron chi connectivity index (χ4n) is 5.57. The Hall–Kier alpha value is -2.59. The van der Waals surface area contributed by atoms with Gasteiger partial charge in [-0.15, -0.1) is 0 Å². The number of aryl methyl sites for hydroxylation is 2. The van der Waals surface area contributed by atoms with Gasteiger partial charge < -0.3 is 4.74 Å². The average molecular weight is 479 g/mol. The summed E-state index contributed by atoms with van der Waals surface area (Å²) in [6.07, 6.45) is 7.34. The number of hydrogen-bond acceptors (Lipinski definition) is 1. The van der Waals surface area contributed by atoms with E-state index in [1.54, 1.807) is 18.2 Å². The molecule has 1 saturated carbocycles. The SMILES string of the molecule is CCCc1ccc(-c2ccc(C3CCC(CCc4ccc(C5CO5)cc4F)CC3)c(F)c2F)cc1. The van der Waals surface area contributed by atoms with Crippen molar-refractivity contribution in [2.45, 2.75) is 70.3 Å². The van der Waals surface area contributed by atoms with E-state index in [0.29, 0.717) is 35.6 Å². The van der Waals surface area contributed by atoms with Gasteiger partial charge in [-0.05, 0) is 90.7 Å². The quantitative estimate of drug-likeness (QED) is 0.295. The third-order valence-electron chi connectivity index (χ3n) is 7.81. The third kappa shape index (κ3) is 5.48. The van der Waals surface area contributed by atoms with Gasteiger partial charge >= 0.3 is 0 Å². The Kier molecular flexibility index (Phi) is 7.29. The van der Waals surface area contributed by atoms with Crippen LogP contribution in [-0.2, 0) is 17.6 Å². The molecule has 1 heterocycles. The zero-order valence-electron chi connectivity index (χ0n) is 20.3. The summed E-state index contributed by atoms with van der Waals surface area (Å²) < 4.78 is 49.8. The number of benzene rings is 3. The Labute approximate surface area is 206 Å². The molecule has 0 N–H and O–H groups in total. The summed E-state index contributed by atoms with van der Waals surface area (Å²) in [4.78, 5) is 0. The number of epoxide rings is 1. The van der Waals surface area contributed by atoms with Crippen molar-refractivity contribution in [3.05, 3.63) is 94.3 Å². The molecule has 0 spiro atoms. The molecule has 1 nitrogen and oxygen atoms in total. The Morgan fingerprint density at radius 2 is 1.57 bits per heavy atom. The van der Waals surface area contributed by atoms with Gasteiger partial charge in [0.2, 0.25) is 0 Å². The van der Waals surface area contributed by atoms with Gasteiger partial charge in [-0.3, -0.25) is 0 Å². The van der Waals surface area contributed by atoms with Gasteiger partial charge in [-0.1, -0.05) is 61.9 Å². The van der Waals surface area contributed by atoms with E-state index >= 15 is 8.78 Å². The molecule has 35 heavy (non-hydrogen) atoms. The topological polar surface area (TPSA) is 12.5 Å². The van der Waals surface area contributed by atoms with Gasteiger partial charge in [0.1, 0.15) is 11.9 Å². The number of rotatable bonds is 8. The van der Waals surface area contributed by atoms with Crippen LogP contribution in [0.1, 0.15) is 79.7 Å². The van der Waals surface area contributed by atoms with E-state index in [1.165, 1.54) is 5.56 Å². The molecule has 1 aliphatic heterocycles. The first-order valence-corrected chi connectivity index (χ1v) is 13.0. The molecule has 1 atom stereocenters. The van der Waals surface area contributed by atoms with Gasteiger partial charge in [0, 0.05) is 5.56 Å². The highest BCUT2D eigenvalue weighted by Gasteiger charge is 2.28. The summed E-state index contributed by atoms with van der Waals surface area (Å²) in [6.45, 7) is 2.81. The fourth-order valence-corrected chi connectivity index (χ4v) is 5.57. The zero-order chi connectivity index (χ0) is 24.4. The summed E-state index contributed by atoms with van der Waals surface area (Å²) in [7, 11) is 0. The summed E-state index contributed by atoms with van der Waals surface area (Å²) in [5.74, 6) is -1.07. The maximum Gasteiger partial charge on any atom is 0.166 e. The first-order chi connectivity index (χ1) is 17.0. The second-order valence-corrected chi connectivity index (χ2v) is 10.2. The van der Waals surface area contributed by atoms with Crippen molar-refractivity contribution in [3.8, 4) is 11.1 Å². The van der Waals surface area contributed by atoms with Crippen LogP contribution in [0.2, 0.25) is 0 Å². The first kappa shape index (κ1) is 24.1. The zero-order valence-corrected chi connectivity index (χ0v) is 20.3. The van der Waals surface area contributed by atoms with Gasteiger partial charge in [0.15, 0.2) is 11.6 Å². The first-order valence-electron chi connectivity index (χ1n) is 13.0. The molecule has 1 aliphatic carbocycles. The van der Waals surface area contributed by atoms with Crippen LogP contribution in [0.15, 0.2) is 54.6 Å². The molecule has 2 aliphatic rings. The molecule has 0 amide bonds. The minimum absolute atomic E-state index is 0.0382. The van der Waals surface area contributed by atoms with Crippen molar-refractivity contribution in [1.29, 1.82) is 0 Å². The highest BCUT2D eigenvalue weighted by atomic mass is 19.2. The molecule has 0 bridgehead atoms. The van der Waals surface area contributed by atoms with Gasteiger partial charge in [0.05, 0.1) is 6.61 Å². The van der Waals surface area contributed by atoms with Crippen LogP contribution in [-0.4, -0.2) is 6.61 Å². The maximum absolute atomic E-state index is 15.1. The molecular formula is C31H33F3O. The lowest BCUT2D eigenvalue weighted by Gasteiger charge is -2.29. The molecule has 5 rings (SSSR count). The van der Waals surface area contributed by atoms with Gasteiger partial charge in [-0.25, -0.2) is 13.2 Å². The standard InChI is InChI=1S/C31H33F3O/c1-2-3-20-4-9-22(10-5-20)26-16-17-27(31(34)30(26)33)23-11-6-21(7-12-23)8-13-24-14-15-25(18-28(24)32)29-19-35-29/h4-5,9-10,14-18,21,23,29H,2-3,6-8,11-13,19H2,1H3. The van der Waals surface area contributed by atoms with E-state index in [4.69, 9.17) is 4.74 Å². The highest BCUT2D eigenvalue weighted by molar-refractivity contribution is 5.65. The lowest BCUT2D eigenvalue weighted by atomic mass is 9.76. The number of hydrogen-bond donors (Lipinski definition) is 0. The summed E-state index contributed by atoms with van der Waals surface area (Å²) in [6, 6.07) is 16.7. The molecule has 0 aromatic heterocycles. The second-order valence-electron chi connectivity index (χ2n) is 10.2. The van der Waals surface area contributed by atoms with Crippen molar-refractivity contribution < 1.29 is 17.9 Å². The van der Waals surface area contributed by atoms with E-state index in [0.717, 1.165) is 56.1 Å². The van der Waals surface area contributed by atoms with Crippen molar-refractivity contribution >= 4 is 0 Å². The Morgan fingerprint density at radius 1 is 0.829 bits per heavy atom. The van der Waals surface area contributed by atoms with Crippen LogP contribution in [0.5, 0.6) is 0 Å². The van der Waals surface area contributed by atoms with Crippen LogP contribution in [0.25, 0.3) is 11.1 Å². The predicted octanol–water partition coefficient (Wildman–Crippen LogP) is 8.70. The lowest BCUT2D eigenvalue weighted by Crippen LogP contribution is -2.16. The van der Waals surface area contributed by atoms with Crippen LogP contribution in [0, 0.1) is 23.4 Å². The predicted molar refractivity (Wildman–Crippen MR) is 134 cm³/mol. The average Bonchev–Trinajstić information content (AvgIpc) is 3.72. The number of ether oxygens (including phenoxy) is 1. The number of halogens is 3. The molecule has 3 aromatic rings. The minimum atomic E-state index is -0.747. The molecule has 1 saturated heterocycles. The van der Waals surface area contributed by atoms with E-state index in [1.807, 2.05) is 36.4 Å². The van der Waals surface area contributed by atoms with Crippen molar-refractivity contribution in [3.63, 3.8) is 0 Å². The second kappa shape index (κ2) is 10.6. The van der Waals surface area contributed by atoms with Gasteiger partial charge in [0.25, 0.3) is 0 Å². The van der Waals surface area contributed by atoms with Crippen LogP contribution >= 0.6 is 0 Å². The van der Waals surface area contributed by atoms with Crippen molar-refractivity contribution in [1.82, 2.24) is 0 Å². The summed E-state index contributed by atoms with van der Waals surface area (Å²) in [5.41, 5.74) is 4.41. The third-order valence-corrected chi connectivity index (χ3v) is 7.81. The molecule has 0 radical (unpaired) electrons.